The van der Waals surface area contributed by atoms with Gasteiger partial charge >= 0.3 is 0 Å². The van der Waals surface area contributed by atoms with Crippen molar-refractivity contribution >= 4 is 12.0 Å². The Balaban J connectivity index is 2.25. The van der Waals surface area contributed by atoms with Crippen LogP contribution in [-0.4, -0.2) is 19.4 Å². The molecule has 104 valence electrons. The van der Waals surface area contributed by atoms with Crippen LogP contribution in [0.1, 0.15) is 43.1 Å². The first-order valence-corrected chi connectivity index (χ1v) is 6.89. The minimum absolute atomic E-state index is 0.214. The van der Waals surface area contributed by atoms with E-state index < -0.39 is 0 Å². The molecule has 0 saturated carbocycles. The lowest BCUT2D eigenvalue weighted by atomic mass is 9.83. The Hall–Kier alpha value is -2.08. The second-order valence-electron chi connectivity index (χ2n) is 6.18. The van der Waals surface area contributed by atoms with Gasteiger partial charge < -0.3 is 4.90 Å². The van der Waals surface area contributed by atoms with E-state index in [1.54, 1.807) is 12.1 Å². The van der Waals surface area contributed by atoms with Crippen molar-refractivity contribution in [3.63, 3.8) is 0 Å². The predicted octanol–water partition coefficient (Wildman–Crippen LogP) is 3.55. The maximum absolute atomic E-state index is 10.8. The van der Waals surface area contributed by atoms with Crippen molar-refractivity contribution in [3.05, 3.63) is 41.0 Å². The molecule has 1 aliphatic heterocycles. The molecule has 1 heterocycles. The first kappa shape index (κ1) is 14.3. The summed E-state index contributed by atoms with van der Waals surface area (Å²) in [5.74, 6) is 0. The zero-order valence-electron chi connectivity index (χ0n) is 12.3. The zero-order valence-corrected chi connectivity index (χ0v) is 12.3. The summed E-state index contributed by atoms with van der Waals surface area (Å²) in [5, 5.41) is 9.24. The maximum Gasteiger partial charge on any atom is 0.150 e. The molecule has 1 aliphatic rings. The van der Waals surface area contributed by atoms with Gasteiger partial charge in [-0.1, -0.05) is 32.4 Å². The number of nitriles is 1. The lowest BCUT2D eigenvalue weighted by Gasteiger charge is -2.33. The summed E-state index contributed by atoms with van der Waals surface area (Å²) in [6.45, 7) is 8.43. The summed E-state index contributed by atoms with van der Waals surface area (Å²) in [4.78, 5) is 13.0. The molecule has 0 aromatic heterocycles. The largest absolute Gasteiger partial charge is 0.366 e. The normalized spacial score (nSPS) is 15.5. The van der Waals surface area contributed by atoms with Gasteiger partial charge in [-0.2, -0.15) is 5.26 Å². The van der Waals surface area contributed by atoms with Gasteiger partial charge in [0.25, 0.3) is 0 Å². The Bertz CT molecular complexity index is 588. The first-order chi connectivity index (χ1) is 9.45. The second kappa shape index (κ2) is 5.50. The fourth-order valence-electron chi connectivity index (χ4n) is 2.56. The average molecular weight is 268 g/mol. The highest BCUT2D eigenvalue weighted by atomic mass is 16.1. The molecule has 0 saturated heterocycles. The van der Waals surface area contributed by atoms with Crippen molar-refractivity contribution in [3.8, 4) is 6.07 Å². The lowest BCUT2D eigenvalue weighted by Crippen LogP contribution is -2.31. The van der Waals surface area contributed by atoms with Crippen LogP contribution in [-0.2, 0) is 0 Å². The van der Waals surface area contributed by atoms with Gasteiger partial charge in [0.1, 0.15) is 12.4 Å². The molecule has 0 atom stereocenters. The average Bonchev–Trinajstić information content (AvgIpc) is 2.45. The van der Waals surface area contributed by atoms with Crippen LogP contribution in [0.25, 0.3) is 0 Å². The van der Waals surface area contributed by atoms with Gasteiger partial charge in [0.05, 0.1) is 11.3 Å². The Kier molecular flexibility index (Phi) is 3.94. The molecule has 0 bridgehead atoms. The van der Waals surface area contributed by atoms with Crippen LogP contribution in [0.3, 0.4) is 0 Å². The summed E-state index contributed by atoms with van der Waals surface area (Å²) in [7, 11) is 0. The molecule has 0 N–H and O–H groups in total. The van der Waals surface area contributed by atoms with E-state index in [4.69, 9.17) is 0 Å². The summed E-state index contributed by atoms with van der Waals surface area (Å²) in [6, 6.07) is 7.49. The van der Waals surface area contributed by atoms with Crippen LogP contribution in [0.4, 0.5) is 5.69 Å². The van der Waals surface area contributed by atoms with Crippen molar-refractivity contribution in [2.75, 3.05) is 18.0 Å². The van der Waals surface area contributed by atoms with Gasteiger partial charge in [0.15, 0.2) is 0 Å². The summed E-state index contributed by atoms with van der Waals surface area (Å²) in [5.41, 5.74) is 3.72. The van der Waals surface area contributed by atoms with Crippen LogP contribution in [0.5, 0.6) is 0 Å². The highest BCUT2D eigenvalue weighted by Gasteiger charge is 2.22. The van der Waals surface area contributed by atoms with E-state index in [1.807, 2.05) is 6.07 Å². The molecule has 20 heavy (non-hydrogen) atoms. The highest BCUT2D eigenvalue weighted by molar-refractivity contribution is 5.78. The molecular formula is C17H20N2O. The molecule has 2 rings (SSSR count). The third-order valence-corrected chi connectivity index (χ3v) is 3.79. The zero-order chi connectivity index (χ0) is 14.8. The summed E-state index contributed by atoms with van der Waals surface area (Å²) in [6.07, 6.45) is 4.06. The molecule has 1 aromatic carbocycles. The molecule has 3 nitrogen and oxygen atoms in total. The van der Waals surface area contributed by atoms with Crippen LogP contribution < -0.4 is 4.90 Å². The van der Waals surface area contributed by atoms with E-state index in [2.05, 4.69) is 37.8 Å². The minimum Gasteiger partial charge on any atom is -0.366 e. The van der Waals surface area contributed by atoms with Gasteiger partial charge in [-0.25, -0.2) is 0 Å². The third kappa shape index (κ3) is 2.91. The smallest absolute Gasteiger partial charge is 0.150 e. The van der Waals surface area contributed by atoms with Crippen molar-refractivity contribution < 1.29 is 4.79 Å². The highest BCUT2D eigenvalue weighted by Crippen LogP contribution is 2.32. The molecule has 1 aromatic rings. The molecule has 0 spiro atoms. The summed E-state index contributed by atoms with van der Waals surface area (Å²) >= 11 is 0. The van der Waals surface area contributed by atoms with E-state index in [-0.39, 0.29) is 5.41 Å². The molecule has 0 aliphatic carbocycles. The van der Waals surface area contributed by atoms with Gasteiger partial charge in [0, 0.05) is 18.7 Å². The van der Waals surface area contributed by atoms with Gasteiger partial charge in [-0.3, -0.25) is 4.79 Å². The van der Waals surface area contributed by atoms with Gasteiger partial charge in [-0.15, -0.1) is 0 Å². The van der Waals surface area contributed by atoms with E-state index in [9.17, 15) is 10.1 Å². The number of anilines is 1. The molecular weight excluding hydrogens is 248 g/mol. The Labute approximate surface area is 120 Å². The molecule has 0 radical (unpaired) electrons. The third-order valence-electron chi connectivity index (χ3n) is 3.79. The van der Waals surface area contributed by atoms with E-state index in [0.717, 1.165) is 31.5 Å². The fraction of sp³-hybridized carbons (Fsp3) is 0.412. The topological polar surface area (TPSA) is 44.1 Å². The monoisotopic (exact) mass is 268 g/mol. The molecule has 3 heteroatoms. The number of benzene rings is 1. The Morgan fingerprint density at radius 1 is 1.35 bits per heavy atom. The van der Waals surface area contributed by atoms with Crippen molar-refractivity contribution in [2.45, 2.75) is 27.2 Å². The van der Waals surface area contributed by atoms with Crippen LogP contribution in [0.2, 0.25) is 0 Å². The predicted molar refractivity (Wildman–Crippen MR) is 80.9 cm³/mol. The van der Waals surface area contributed by atoms with E-state index in [0.29, 0.717) is 11.1 Å². The second-order valence-corrected chi connectivity index (χ2v) is 6.18. The van der Waals surface area contributed by atoms with Crippen LogP contribution in [0, 0.1) is 16.7 Å². The van der Waals surface area contributed by atoms with Crippen molar-refractivity contribution in [1.29, 1.82) is 5.26 Å². The van der Waals surface area contributed by atoms with E-state index in [1.165, 1.54) is 5.57 Å². The maximum atomic E-state index is 10.8. The summed E-state index contributed by atoms with van der Waals surface area (Å²) < 4.78 is 0. The standard InChI is InChI=1S/C17H20N2O/c1-17(2,3)15-6-8-19(9-7-15)16-5-4-13(12-20)10-14(16)11-18/h4-6,10,12H,7-9H2,1-3H3. The Morgan fingerprint density at radius 2 is 2.10 bits per heavy atom. The minimum atomic E-state index is 0.214. The first-order valence-electron chi connectivity index (χ1n) is 6.89. The van der Waals surface area contributed by atoms with Gasteiger partial charge in [-0.05, 0) is 30.0 Å². The number of hydrogen-bond donors (Lipinski definition) is 0. The number of hydrogen-bond acceptors (Lipinski definition) is 3. The van der Waals surface area contributed by atoms with Crippen LogP contribution >= 0.6 is 0 Å². The lowest BCUT2D eigenvalue weighted by molar-refractivity contribution is 0.112. The number of aldehydes is 1. The molecule has 0 unspecified atom stereocenters. The number of rotatable bonds is 2. The molecule has 0 amide bonds. The van der Waals surface area contributed by atoms with Gasteiger partial charge in [0.2, 0.25) is 0 Å². The Morgan fingerprint density at radius 3 is 2.60 bits per heavy atom. The molecule has 0 fully saturated rings. The van der Waals surface area contributed by atoms with Crippen molar-refractivity contribution in [2.24, 2.45) is 5.41 Å². The number of carbonyl (C=O) groups is 1. The fourth-order valence-corrected chi connectivity index (χ4v) is 2.56. The SMILES string of the molecule is CC(C)(C)C1=CCN(c2ccc(C=O)cc2C#N)CC1. The quantitative estimate of drug-likeness (QED) is 0.608. The van der Waals surface area contributed by atoms with Crippen LogP contribution in [0.15, 0.2) is 29.8 Å². The number of nitrogens with zero attached hydrogens (tertiary/aromatic N) is 2. The van der Waals surface area contributed by atoms with E-state index >= 15 is 0 Å². The van der Waals surface area contributed by atoms with Crippen molar-refractivity contribution in [1.82, 2.24) is 0 Å². The number of carbonyl (C=O) groups excluding carboxylic acids is 1.